The van der Waals surface area contributed by atoms with Gasteiger partial charge in [-0.2, -0.15) is 0 Å². The second kappa shape index (κ2) is 8.02. The first kappa shape index (κ1) is 18.8. The van der Waals surface area contributed by atoms with E-state index in [1.807, 2.05) is 31.2 Å². The summed E-state index contributed by atoms with van der Waals surface area (Å²) in [5.74, 6) is 0.354. The van der Waals surface area contributed by atoms with Crippen molar-refractivity contribution in [2.24, 2.45) is 0 Å². The minimum Gasteiger partial charge on any atom is -0.497 e. The minimum absolute atomic E-state index is 0.254. The molecular weight excluding hydrogens is 340 g/mol. The smallest absolute Gasteiger partial charge is 0.241 e. The maximum atomic E-state index is 12.3. The number of carbonyl (C=O) groups excluding carboxylic acids is 1. The van der Waals surface area contributed by atoms with Gasteiger partial charge >= 0.3 is 0 Å². The molecule has 0 fully saturated rings. The molecule has 2 aromatic carbocycles. The van der Waals surface area contributed by atoms with Gasteiger partial charge in [-0.05, 0) is 36.8 Å². The molecule has 2 rings (SSSR count). The second-order valence-electron chi connectivity index (χ2n) is 5.67. The van der Waals surface area contributed by atoms with Crippen LogP contribution in [0.15, 0.2) is 54.6 Å². The summed E-state index contributed by atoms with van der Waals surface area (Å²) in [6.45, 7) is 1.57. The van der Waals surface area contributed by atoms with Gasteiger partial charge in [-0.3, -0.25) is 9.10 Å². The molecule has 6 nitrogen and oxygen atoms in total. The monoisotopic (exact) mass is 362 g/mol. The molecule has 2 aromatic rings. The number of methoxy groups -OCH3 is 1. The SMILES string of the molecule is COc1ccc([C@H](C)NC(=O)CN(c2ccccc2)S(C)(=O)=O)cc1. The van der Waals surface area contributed by atoms with Crippen molar-refractivity contribution in [1.82, 2.24) is 5.32 Å². The first-order valence-electron chi connectivity index (χ1n) is 7.77. The van der Waals surface area contributed by atoms with Crippen LogP contribution in [0.5, 0.6) is 5.75 Å². The highest BCUT2D eigenvalue weighted by Crippen LogP contribution is 2.19. The van der Waals surface area contributed by atoms with Crippen LogP contribution in [0, 0.1) is 0 Å². The molecule has 0 saturated carbocycles. The number of hydrogen-bond donors (Lipinski definition) is 1. The van der Waals surface area contributed by atoms with E-state index in [0.29, 0.717) is 5.69 Å². The second-order valence-corrected chi connectivity index (χ2v) is 7.57. The van der Waals surface area contributed by atoms with E-state index in [2.05, 4.69) is 5.32 Å². The van der Waals surface area contributed by atoms with Crippen LogP contribution < -0.4 is 14.4 Å². The van der Waals surface area contributed by atoms with E-state index in [-0.39, 0.29) is 18.5 Å². The highest BCUT2D eigenvalue weighted by molar-refractivity contribution is 7.92. The van der Waals surface area contributed by atoms with Gasteiger partial charge in [0, 0.05) is 0 Å². The van der Waals surface area contributed by atoms with E-state index in [0.717, 1.165) is 21.9 Å². The standard InChI is InChI=1S/C18H22N2O4S/c1-14(15-9-11-17(24-2)12-10-15)19-18(21)13-20(25(3,22)23)16-7-5-4-6-8-16/h4-12,14H,13H2,1-3H3,(H,19,21)/t14-/m0/s1. The predicted molar refractivity (Wildman–Crippen MR) is 98.2 cm³/mol. The Morgan fingerprint density at radius 3 is 2.24 bits per heavy atom. The fraction of sp³-hybridized carbons (Fsp3) is 0.278. The van der Waals surface area contributed by atoms with E-state index >= 15 is 0 Å². The van der Waals surface area contributed by atoms with Crippen LogP contribution >= 0.6 is 0 Å². The summed E-state index contributed by atoms with van der Waals surface area (Å²) in [4.78, 5) is 12.3. The summed E-state index contributed by atoms with van der Waals surface area (Å²) >= 11 is 0. The van der Waals surface area contributed by atoms with Crippen LogP contribution in [0.2, 0.25) is 0 Å². The first-order valence-corrected chi connectivity index (χ1v) is 9.62. The summed E-state index contributed by atoms with van der Waals surface area (Å²) in [5.41, 5.74) is 1.36. The zero-order valence-corrected chi connectivity index (χ0v) is 15.3. The average molecular weight is 362 g/mol. The maximum absolute atomic E-state index is 12.3. The third kappa shape index (κ3) is 5.22. The molecule has 0 spiro atoms. The zero-order valence-electron chi connectivity index (χ0n) is 14.5. The zero-order chi connectivity index (χ0) is 18.4. The molecular formula is C18H22N2O4S. The number of hydrogen-bond acceptors (Lipinski definition) is 4. The number of ether oxygens (including phenoxy) is 1. The largest absolute Gasteiger partial charge is 0.497 e. The number of sulfonamides is 1. The van der Waals surface area contributed by atoms with Gasteiger partial charge in [0.1, 0.15) is 12.3 Å². The Bertz CT molecular complexity index is 805. The third-order valence-electron chi connectivity index (χ3n) is 3.73. The Morgan fingerprint density at radius 1 is 1.12 bits per heavy atom. The van der Waals surface area contributed by atoms with E-state index in [1.54, 1.807) is 37.4 Å². The number of benzene rings is 2. The van der Waals surface area contributed by atoms with Crippen molar-refractivity contribution in [1.29, 1.82) is 0 Å². The summed E-state index contributed by atoms with van der Waals surface area (Å²) in [6.07, 6.45) is 1.08. The number of carbonyl (C=O) groups is 1. The van der Waals surface area contributed by atoms with Crippen LogP contribution in [0.25, 0.3) is 0 Å². The van der Waals surface area contributed by atoms with Gasteiger partial charge in [0.15, 0.2) is 0 Å². The number of nitrogens with one attached hydrogen (secondary N) is 1. The molecule has 0 aromatic heterocycles. The van der Waals surface area contributed by atoms with E-state index < -0.39 is 10.0 Å². The normalized spacial score (nSPS) is 12.3. The van der Waals surface area contributed by atoms with E-state index in [1.165, 1.54) is 0 Å². The van der Waals surface area contributed by atoms with E-state index in [4.69, 9.17) is 4.74 Å². The fourth-order valence-electron chi connectivity index (χ4n) is 2.39. The Labute approximate surface area is 148 Å². The lowest BCUT2D eigenvalue weighted by atomic mass is 10.1. The number of nitrogens with zero attached hydrogens (tertiary/aromatic N) is 1. The molecule has 1 N–H and O–H groups in total. The Kier molecular flexibility index (Phi) is 6.03. The van der Waals surface area contributed by atoms with Gasteiger partial charge < -0.3 is 10.1 Å². The molecule has 0 aliphatic carbocycles. The molecule has 0 saturated heterocycles. The molecule has 25 heavy (non-hydrogen) atoms. The van der Waals surface area contributed by atoms with E-state index in [9.17, 15) is 13.2 Å². The van der Waals surface area contributed by atoms with Gasteiger partial charge in [0.2, 0.25) is 15.9 Å². The molecule has 0 aliphatic rings. The molecule has 1 atom stereocenters. The van der Waals surface area contributed by atoms with Crippen LogP contribution in [0.3, 0.4) is 0 Å². The van der Waals surface area contributed by atoms with Gasteiger partial charge in [-0.1, -0.05) is 30.3 Å². The molecule has 0 radical (unpaired) electrons. The Balaban J connectivity index is 2.08. The van der Waals surface area contributed by atoms with Crippen LogP contribution in [0.4, 0.5) is 5.69 Å². The minimum atomic E-state index is -3.57. The molecule has 1 amide bonds. The molecule has 0 aliphatic heterocycles. The first-order chi connectivity index (χ1) is 11.8. The quantitative estimate of drug-likeness (QED) is 0.820. The molecule has 134 valence electrons. The molecule has 7 heteroatoms. The van der Waals surface area contributed by atoms with Crippen LogP contribution in [-0.4, -0.2) is 34.2 Å². The van der Waals surface area contributed by atoms with Gasteiger partial charge in [0.25, 0.3) is 0 Å². The van der Waals surface area contributed by atoms with Gasteiger partial charge in [-0.15, -0.1) is 0 Å². The topological polar surface area (TPSA) is 75.7 Å². The van der Waals surface area contributed by atoms with Crippen molar-refractivity contribution in [3.8, 4) is 5.75 Å². The van der Waals surface area contributed by atoms with Crippen molar-refractivity contribution in [2.45, 2.75) is 13.0 Å². The van der Waals surface area contributed by atoms with Crippen molar-refractivity contribution in [2.75, 3.05) is 24.2 Å². The molecule has 0 heterocycles. The summed E-state index contributed by atoms with van der Waals surface area (Å²) in [7, 11) is -1.98. The fourth-order valence-corrected chi connectivity index (χ4v) is 3.24. The van der Waals surface area contributed by atoms with Crippen LogP contribution in [-0.2, 0) is 14.8 Å². The summed E-state index contributed by atoms with van der Waals surface area (Å²) in [5, 5.41) is 2.82. The Morgan fingerprint density at radius 2 is 1.72 bits per heavy atom. The van der Waals surface area contributed by atoms with Gasteiger partial charge in [0.05, 0.1) is 25.1 Å². The number of amides is 1. The van der Waals surface area contributed by atoms with Crippen molar-refractivity contribution >= 4 is 21.6 Å². The van der Waals surface area contributed by atoms with Crippen molar-refractivity contribution in [3.63, 3.8) is 0 Å². The lowest BCUT2D eigenvalue weighted by molar-refractivity contribution is -0.120. The van der Waals surface area contributed by atoms with Gasteiger partial charge in [-0.25, -0.2) is 8.42 Å². The summed E-state index contributed by atoms with van der Waals surface area (Å²) in [6, 6.07) is 15.6. The highest BCUT2D eigenvalue weighted by atomic mass is 32.2. The number of para-hydroxylation sites is 1. The van der Waals surface area contributed by atoms with Crippen molar-refractivity contribution < 1.29 is 17.9 Å². The summed E-state index contributed by atoms with van der Waals surface area (Å²) < 4.78 is 30.2. The predicted octanol–water partition coefficient (Wildman–Crippen LogP) is 2.34. The molecule has 0 bridgehead atoms. The maximum Gasteiger partial charge on any atom is 0.241 e. The molecule has 0 unspecified atom stereocenters. The number of rotatable bonds is 7. The lowest BCUT2D eigenvalue weighted by Gasteiger charge is -2.23. The highest BCUT2D eigenvalue weighted by Gasteiger charge is 2.21. The van der Waals surface area contributed by atoms with Crippen molar-refractivity contribution in [3.05, 3.63) is 60.2 Å². The lowest BCUT2D eigenvalue weighted by Crippen LogP contribution is -2.41. The number of anilines is 1. The Hall–Kier alpha value is -2.54. The third-order valence-corrected chi connectivity index (χ3v) is 4.87. The average Bonchev–Trinajstić information content (AvgIpc) is 2.59. The van der Waals surface area contributed by atoms with Crippen LogP contribution in [0.1, 0.15) is 18.5 Å².